The van der Waals surface area contributed by atoms with Gasteiger partial charge in [-0.15, -0.1) is 0 Å². The lowest BCUT2D eigenvalue weighted by Crippen LogP contribution is -2.45. The van der Waals surface area contributed by atoms with Crippen molar-refractivity contribution >= 4 is 34.1 Å². The quantitative estimate of drug-likeness (QED) is 0.849. The number of anilines is 1. The highest BCUT2D eigenvalue weighted by Crippen LogP contribution is 2.20. The van der Waals surface area contributed by atoms with Crippen molar-refractivity contribution in [1.29, 1.82) is 0 Å². The van der Waals surface area contributed by atoms with Crippen LogP contribution in [0, 0.1) is 4.64 Å². The van der Waals surface area contributed by atoms with Crippen LogP contribution in [0.1, 0.15) is 12.6 Å². The second-order valence-corrected chi connectivity index (χ2v) is 5.48. The maximum absolute atomic E-state index is 5.27. The summed E-state index contributed by atoms with van der Waals surface area (Å²) in [4.78, 5) is 12.4. The molecule has 0 atom stereocenters. The van der Waals surface area contributed by atoms with Crippen LogP contribution in [0.3, 0.4) is 0 Å². The Bertz CT molecular complexity index is 451. The van der Waals surface area contributed by atoms with Crippen molar-refractivity contribution in [3.63, 3.8) is 0 Å². The highest BCUT2D eigenvalue weighted by atomic mass is 79.9. The molecule has 0 unspecified atom stereocenters. The van der Waals surface area contributed by atoms with E-state index >= 15 is 0 Å². The van der Waals surface area contributed by atoms with E-state index in [1.807, 2.05) is 0 Å². The SMILES string of the molecule is CCc1[nH]c(N2CCN(C)CC2)nc(=S)c1Br. The number of rotatable bonds is 2. The summed E-state index contributed by atoms with van der Waals surface area (Å²) in [7, 11) is 2.14. The molecule has 17 heavy (non-hydrogen) atoms. The molecule has 0 aliphatic carbocycles. The first-order chi connectivity index (χ1) is 8.11. The third kappa shape index (κ3) is 2.86. The molecule has 1 saturated heterocycles. The smallest absolute Gasteiger partial charge is 0.204 e. The maximum Gasteiger partial charge on any atom is 0.204 e. The third-order valence-electron chi connectivity index (χ3n) is 3.08. The summed E-state index contributed by atoms with van der Waals surface area (Å²) in [5.41, 5.74) is 1.12. The van der Waals surface area contributed by atoms with Gasteiger partial charge in [0.15, 0.2) is 0 Å². The van der Waals surface area contributed by atoms with Gasteiger partial charge in [-0.3, -0.25) is 0 Å². The van der Waals surface area contributed by atoms with Gasteiger partial charge in [-0.2, -0.15) is 0 Å². The molecule has 0 amide bonds. The monoisotopic (exact) mass is 316 g/mol. The maximum atomic E-state index is 5.27. The second kappa shape index (κ2) is 5.46. The lowest BCUT2D eigenvalue weighted by atomic mass is 10.3. The predicted molar refractivity (Wildman–Crippen MR) is 76.2 cm³/mol. The molecule has 0 saturated carbocycles. The molecule has 0 spiro atoms. The van der Waals surface area contributed by atoms with Crippen LogP contribution < -0.4 is 4.90 Å². The fourth-order valence-corrected chi connectivity index (χ4v) is 2.58. The van der Waals surface area contributed by atoms with Crippen LogP contribution in [0.25, 0.3) is 0 Å². The highest BCUT2D eigenvalue weighted by Gasteiger charge is 2.17. The summed E-state index contributed by atoms with van der Waals surface area (Å²) < 4.78 is 1.57. The Balaban J connectivity index is 2.27. The number of halogens is 1. The minimum Gasteiger partial charge on any atom is -0.340 e. The van der Waals surface area contributed by atoms with E-state index in [0.29, 0.717) is 4.64 Å². The van der Waals surface area contributed by atoms with Crippen LogP contribution >= 0.6 is 28.1 Å². The summed E-state index contributed by atoms with van der Waals surface area (Å²) in [5.74, 6) is 0.906. The minimum atomic E-state index is 0.648. The molecule has 1 aromatic rings. The lowest BCUT2D eigenvalue weighted by Gasteiger charge is -2.33. The zero-order chi connectivity index (χ0) is 12.4. The van der Waals surface area contributed by atoms with E-state index < -0.39 is 0 Å². The summed E-state index contributed by atoms with van der Waals surface area (Å²) in [6.45, 7) is 6.25. The highest BCUT2D eigenvalue weighted by molar-refractivity contribution is 9.10. The molecule has 1 fully saturated rings. The number of aromatic nitrogens is 2. The number of H-pyrrole nitrogens is 1. The number of nitrogens with zero attached hydrogens (tertiary/aromatic N) is 3. The molecule has 1 aliphatic heterocycles. The van der Waals surface area contributed by atoms with Gasteiger partial charge in [0.1, 0.15) is 4.64 Å². The fourth-order valence-electron chi connectivity index (χ4n) is 1.90. The zero-order valence-electron chi connectivity index (χ0n) is 10.2. The molecule has 2 heterocycles. The van der Waals surface area contributed by atoms with E-state index in [4.69, 9.17) is 12.2 Å². The molecule has 1 aliphatic rings. The van der Waals surface area contributed by atoms with Gasteiger partial charge in [-0.25, -0.2) is 4.98 Å². The van der Waals surface area contributed by atoms with E-state index in [9.17, 15) is 0 Å². The van der Waals surface area contributed by atoms with Gasteiger partial charge in [0, 0.05) is 31.9 Å². The summed E-state index contributed by atoms with van der Waals surface area (Å²) in [6.07, 6.45) is 0.924. The number of likely N-dealkylation sites (N-methyl/N-ethyl adjacent to an activating group) is 1. The van der Waals surface area contributed by atoms with Crippen molar-refractivity contribution in [2.24, 2.45) is 0 Å². The largest absolute Gasteiger partial charge is 0.340 e. The molecule has 0 radical (unpaired) electrons. The van der Waals surface area contributed by atoms with Gasteiger partial charge < -0.3 is 14.8 Å². The summed E-state index contributed by atoms with van der Waals surface area (Å²) in [5, 5.41) is 0. The van der Waals surface area contributed by atoms with Crippen molar-refractivity contribution in [3.05, 3.63) is 14.8 Å². The van der Waals surface area contributed by atoms with Crippen molar-refractivity contribution in [3.8, 4) is 0 Å². The van der Waals surface area contributed by atoms with Crippen LogP contribution in [0.4, 0.5) is 5.95 Å². The summed E-state index contributed by atoms with van der Waals surface area (Å²) in [6, 6.07) is 0. The Morgan fingerprint density at radius 1 is 1.35 bits per heavy atom. The minimum absolute atomic E-state index is 0.648. The number of aromatic amines is 1. The third-order valence-corrected chi connectivity index (χ3v) is 4.49. The predicted octanol–water partition coefficient (Wildman–Crippen LogP) is 2.22. The normalized spacial score (nSPS) is 17.5. The Hall–Kier alpha value is -0.460. The number of hydrogen-bond donors (Lipinski definition) is 1. The topological polar surface area (TPSA) is 35.2 Å². The molecule has 94 valence electrons. The first-order valence-electron chi connectivity index (χ1n) is 5.84. The van der Waals surface area contributed by atoms with Crippen molar-refractivity contribution in [2.45, 2.75) is 13.3 Å². The van der Waals surface area contributed by atoms with Gasteiger partial charge in [0.25, 0.3) is 0 Å². The van der Waals surface area contributed by atoms with Gasteiger partial charge in [0.05, 0.1) is 4.47 Å². The number of hydrogen-bond acceptors (Lipinski definition) is 4. The Morgan fingerprint density at radius 2 is 2.00 bits per heavy atom. The summed E-state index contributed by atoms with van der Waals surface area (Å²) >= 11 is 8.76. The second-order valence-electron chi connectivity index (χ2n) is 4.30. The molecule has 2 rings (SSSR count). The van der Waals surface area contributed by atoms with E-state index in [1.54, 1.807) is 0 Å². The van der Waals surface area contributed by atoms with Crippen molar-refractivity contribution < 1.29 is 0 Å². The van der Waals surface area contributed by atoms with E-state index in [1.165, 1.54) is 0 Å². The standard InChI is InChI=1S/C11H17BrN4S/c1-3-8-9(12)10(17)14-11(13-8)16-6-4-15(2)5-7-16/h3-7H2,1-2H3,(H,13,14,17). The average Bonchev–Trinajstić information content (AvgIpc) is 2.33. The Labute approximate surface area is 115 Å². The number of piperazine rings is 1. The molecular formula is C11H17BrN4S. The first-order valence-corrected chi connectivity index (χ1v) is 7.04. The molecule has 1 N–H and O–H groups in total. The lowest BCUT2D eigenvalue weighted by molar-refractivity contribution is 0.311. The Kier molecular flexibility index (Phi) is 4.17. The zero-order valence-corrected chi connectivity index (χ0v) is 12.6. The fraction of sp³-hybridized carbons (Fsp3) is 0.636. The van der Waals surface area contributed by atoms with E-state index in [2.05, 4.69) is 49.7 Å². The molecular weight excluding hydrogens is 300 g/mol. The molecule has 0 bridgehead atoms. The van der Waals surface area contributed by atoms with Gasteiger partial charge in [-0.05, 0) is 29.4 Å². The van der Waals surface area contributed by atoms with Crippen LogP contribution in [0.2, 0.25) is 0 Å². The van der Waals surface area contributed by atoms with Crippen molar-refractivity contribution in [2.75, 3.05) is 38.1 Å². The van der Waals surface area contributed by atoms with Gasteiger partial charge in [0.2, 0.25) is 5.95 Å². The number of aryl methyl sites for hydroxylation is 1. The van der Waals surface area contributed by atoms with Gasteiger partial charge >= 0.3 is 0 Å². The van der Waals surface area contributed by atoms with E-state index in [0.717, 1.165) is 48.7 Å². The van der Waals surface area contributed by atoms with Crippen LogP contribution in [0.5, 0.6) is 0 Å². The Morgan fingerprint density at radius 3 is 2.59 bits per heavy atom. The van der Waals surface area contributed by atoms with Crippen LogP contribution in [-0.2, 0) is 6.42 Å². The van der Waals surface area contributed by atoms with Gasteiger partial charge in [-0.1, -0.05) is 19.1 Å². The van der Waals surface area contributed by atoms with Crippen LogP contribution in [0.15, 0.2) is 4.47 Å². The number of nitrogens with one attached hydrogen (secondary N) is 1. The molecule has 4 nitrogen and oxygen atoms in total. The van der Waals surface area contributed by atoms with Crippen LogP contribution in [-0.4, -0.2) is 48.1 Å². The molecule has 1 aromatic heterocycles. The average molecular weight is 317 g/mol. The van der Waals surface area contributed by atoms with Crippen molar-refractivity contribution in [1.82, 2.24) is 14.9 Å². The molecule has 6 heteroatoms. The molecule has 0 aromatic carbocycles. The first kappa shape index (κ1) is 13.0. The van der Waals surface area contributed by atoms with E-state index in [-0.39, 0.29) is 0 Å².